The first-order chi connectivity index (χ1) is 12.7. The average Bonchev–Trinajstić information content (AvgIpc) is 3.25. The van der Waals surface area contributed by atoms with Gasteiger partial charge in [0.2, 0.25) is 0 Å². The van der Waals surface area contributed by atoms with E-state index in [-0.39, 0.29) is 28.6 Å². The lowest BCUT2D eigenvalue weighted by molar-refractivity contribution is 0.0822. The number of rotatable bonds is 4. The highest BCUT2D eigenvalue weighted by molar-refractivity contribution is 7.13. The molecule has 0 unspecified atom stereocenters. The first kappa shape index (κ1) is 18.4. The number of nitrogens with one attached hydrogen (secondary N) is 1. The van der Waals surface area contributed by atoms with Crippen molar-refractivity contribution in [3.05, 3.63) is 40.9 Å². The third-order valence-electron chi connectivity index (χ3n) is 7.37. The molecular weight excluding hydrogens is 356 g/mol. The summed E-state index contributed by atoms with van der Waals surface area (Å²) in [5, 5.41) is 5.77. The van der Waals surface area contributed by atoms with Crippen molar-refractivity contribution in [2.24, 2.45) is 16.7 Å². The highest BCUT2D eigenvalue weighted by atomic mass is 32.1. The molecule has 1 aromatic carbocycles. The molecule has 3 atom stereocenters. The summed E-state index contributed by atoms with van der Waals surface area (Å²) in [7, 11) is 0. The molecule has 0 saturated heterocycles. The molecule has 1 amide bonds. The highest BCUT2D eigenvalue weighted by Crippen LogP contribution is 2.65. The van der Waals surface area contributed by atoms with Gasteiger partial charge in [-0.2, -0.15) is 0 Å². The zero-order chi connectivity index (χ0) is 19.4. The van der Waals surface area contributed by atoms with Gasteiger partial charge >= 0.3 is 0 Å². The Morgan fingerprint density at radius 3 is 2.59 bits per heavy atom. The Labute approximate surface area is 164 Å². The number of amides is 1. The fourth-order valence-electron chi connectivity index (χ4n) is 5.13. The molecule has 27 heavy (non-hydrogen) atoms. The minimum atomic E-state index is -0.104. The number of aromatic nitrogens is 1. The molecule has 2 fully saturated rings. The van der Waals surface area contributed by atoms with Crippen molar-refractivity contribution in [2.45, 2.75) is 53.0 Å². The van der Waals surface area contributed by atoms with Gasteiger partial charge in [0.25, 0.3) is 5.91 Å². The fourth-order valence-corrected chi connectivity index (χ4v) is 5.97. The van der Waals surface area contributed by atoms with E-state index in [1.54, 1.807) is 18.4 Å². The Morgan fingerprint density at radius 2 is 1.96 bits per heavy atom. The van der Waals surface area contributed by atoms with E-state index in [0.717, 1.165) is 12.0 Å². The molecule has 1 heterocycles. The van der Waals surface area contributed by atoms with Crippen molar-refractivity contribution in [3.8, 4) is 10.6 Å². The molecule has 4 nitrogen and oxygen atoms in total. The molecule has 2 aliphatic rings. The number of hydrogen-bond acceptors (Lipinski definition) is 4. The number of hydrogen-bond donors (Lipinski definition) is 1. The number of fused-ring (bicyclic) bond motifs is 2. The van der Waals surface area contributed by atoms with Crippen LogP contribution in [0.25, 0.3) is 10.6 Å². The number of nitrogens with zero attached hydrogens (tertiary/aromatic N) is 1. The maximum Gasteiger partial charge on any atom is 0.271 e. The van der Waals surface area contributed by atoms with Crippen molar-refractivity contribution in [3.63, 3.8) is 0 Å². The number of benzene rings is 1. The van der Waals surface area contributed by atoms with Gasteiger partial charge in [0, 0.05) is 22.5 Å². The summed E-state index contributed by atoms with van der Waals surface area (Å²) in [5.74, 6) is 0.581. The van der Waals surface area contributed by atoms with Crippen LogP contribution in [0, 0.1) is 16.7 Å². The second-order valence-electron chi connectivity index (χ2n) is 8.78. The summed E-state index contributed by atoms with van der Waals surface area (Å²) < 4.78 is 0. The first-order valence-corrected chi connectivity index (χ1v) is 10.5. The van der Waals surface area contributed by atoms with Gasteiger partial charge in [0.05, 0.1) is 0 Å². The van der Waals surface area contributed by atoms with Crippen molar-refractivity contribution in [1.82, 2.24) is 10.3 Å². The third kappa shape index (κ3) is 2.75. The first-order valence-electron chi connectivity index (χ1n) is 9.61. The average molecular weight is 383 g/mol. The van der Waals surface area contributed by atoms with Crippen LogP contribution >= 0.6 is 11.3 Å². The maximum atomic E-state index is 12.9. The van der Waals surface area contributed by atoms with E-state index >= 15 is 0 Å². The lowest BCUT2D eigenvalue weighted by Crippen LogP contribution is -2.46. The topological polar surface area (TPSA) is 59.1 Å². The van der Waals surface area contributed by atoms with E-state index in [0.29, 0.717) is 22.2 Å². The summed E-state index contributed by atoms with van der Waals surface area (Å²) in [6.45, 7) is 8.56. The van der Waals surface area contributed by atoms with Gasteiger partial charge in [0.1, 0.15) is 10.7 Å². The fraction of sp³-hybridized carbons (Fsp3) is 0.500. The highest BCUT2D eigenvalue weighted by Gasteiger charge is 2.61. The van der Waals surface area contributed by atoms with E-state index in [2.05, 4.69) is 31.1 Å². The van der Waals surface area contributed by atoms with Crippen LogP contribution in [0.3, 0.4) is 0 Å². The maximum absolute atomic E-state index is 12.9. The van der Waals surface area contributed by atoms with Gasteiger partial charge in [-0.1, -0.05) is 45.0 Å². The standard InChI is InChI=1S/C22H26N2O2S/c1-13(25)15-7-5-6-8-16(15)20-23-17(12-27-20)19(26)24-18-11-14-9-10-22(18,4)21(14,2)3/h5-8,12,14,18H,9-11H2,1-4H3,(H,24,26)/t14-,18+,22+/m1/s1. The lowest BCUT2D eigenvalue weighted by Gasteiger charge is -2.39. The Morgan fingerprint density at radius 1 is 1.22 bits per heavy atom. The minimum absolute atomic E-state index is 0.00365. The summed E-state index contributed by atoms with van der Waals surface area (Å²) in [6, 6.07) is 7.63. The summed E-state index contributed by atoms with van der Waals surface area (Å²) in [6.07, 6.45) is 3.49. The molecule has 5 heteroatoms. The Balaban J connectivity index is 1.55. The largest absolute Gasteiger partial charge is 0.347 e. The van der Waals surface area contributed by atoms with Crippen LogP contribution in [-0.2, 0) is 0 Å². The summed E-state index contributed by atoms with van der Waals surface area (Å²) in [5.41, 5.74) is 2.28. The number of Topliss-reactive ketones (excluding diaryl/α,β-unsaturated/α-hetero) is 1. The van der Waals surface area contributed by atoms with E-state index in [4.69, 9.17) is 0 Å². The molecule has 2 aliphatic carbocycles. The normalized spacial score (nSPS) is 28.3. The lowest BCUT2D eigenvalue weighted by atomic mass is 9.69. The van der Waals surface area contributed by atoms with E-state index in [1.807, 2.05) is 18.2 Å². The molecular formula is C22H26N2O2S. The van der Waals surface area contributed by atoms with Crippen LogP contribution in [-0.4, -0.2) is 22.7 Å². The number of carbonyl (C=O) groups excluding carboxylic acids is 2. The molecule has 142 valence electrons. The minimum Gasteiger partial charge on any atom is -0.347 e. The van der Waals surface area contributed by atoms with Crippen molar-refractivity contribution >= 4 is 23.0 Å². The Bertz CT molecular complexity index is 917. The molecule has 0 aliphatic heterocycles. The molecule has 0 spiro atoms. The van der Waals surface area contributed by atoms with Crippen LogP contribution < -0.4 is 5.32 Å². The van der Waals surface area contributed by atoms with E-state index in [9.17, 15) is 9.59 Å². The van der Waals surface area contributed by atoms with Crippen LogP contribution in [0.5, 0.6) is 0 Å². The van der Waals surface area contributed by atoms with Crippen LogP contribution in [0.2, 0.25) is 0 Å². The molecule has 4 rings (SSSR count). The molecule has 0 radical (unpaired) electrons. The van der Waals surface area contributed by atoms with Crippen LogP contribution in [0.1, 0.15) is 67.8 Å². The van der Waals surface area contributed by atoms with Gasteiger partial charge < -0.3 is 5.32 Å². The molecule has 1 aromatic heterocycles. The van der Waals surface area contributed by atoms with Gasteiger partial charge in [-0.05, 0) is 42.9 Å². The van der Waals surface area contributed by atoms with Crippen molar-refractivity contribution in [2.75, 3.05) is 0 Å². The summed E-state index contributed by atoms with van der Waals surface area (Å²) in [4.78, 5) is 29.3. The van der Waals surface area contributed by atoms with Crippen LogP contribution in [0.4, 0.5) is 0 Å². The van der Waals surface area contributed by atoms with Gasteiger partial charge in [-0.15, -0.1) is 11.3 Å². The SMILES string of the molecule is CC(=O)c1ccccc1-c1nc(C(=O)N[C@H]2C[C@H]3CC[C@]2(C)C3(C)C)cs1. The van der Waals surface area contributed by atoms with Crippen molar-refractivity contribution < 1.29 is 9.59 Å². The smallest absolute Gasteiger partial charge is 0.271 e. The predicted molar refractivity (Wildman–Crippen MR) is 108 cm³/mol. The predicted octanol–water partition coefficient (Wildman–Crippen LogP) is 4.96. The van der Waals surface area contributed by atoms with Gasteiger partial charge in [-0.3, -0.25) is 9.59 Å². The molecule has 2 saturated carbocycles. The Hall–Kier alpha value is -2.01. The number of thiazole rings is 1. The van der Waals surface area contributed by atoms with Gasteiger partial charge in [0.15, 0.2) is 5.78 Å². The van der Waals surface area contributed by atoms with Crippen molar-refractivity contribution in [1.29, 1.82) is 0 Å². The quantitative estimate of drug-likeness (QED) is 0.761. The molecule has 1 N–H and O–H groups in total. The van der Waals surface area contributed by atoms with Crippen LogP contribution in [0.15, 0.2) is 29.6 Å². The Kier molecular flexibility index (Phi) is 4.26. The van der Waals surface area contributed by atoms with Gasteiger partial charge in [-0.25, -0.2) is 4.98 Å². The summed E-state index contributed by atoms with van der Waals surface area (Å²) >= 11 is 1.41. The number of carbonyl (C=O) groups is 2. The second-order valence-corrected chi connectivity index (χ2v) is 9.63. The zero-order valence-electron chi connectivity index (χ0n) is 16.3. The second kappa shape index (κ2) is 6.26. The third-order valence-corrected chi connectivity index (χ3v) is 8.25. The zero-order valence-corrected chi connectivity index (χ0v) is 17.2. The van der Waals surface area contributed by atoms with E-state index in [1.165, 1.54) is 24.2 Å². The number of ketones is 1. The molecule has 2 bridgehead atoms. The molecule has 2 aromatic rings. The monoisotopic (exact) mass is 382 g/mol. The van der Waals surface area contributed by atoms with E-state index < -0.39 is 0 Å².